The van der Waals surface area contributed by atoms with Gasteiger partial charge in [-0.1, -0.05) is 91.0 Å². The maximum Gasteiger partial charge on any atom is 0.137 e. The molecule has 6 aromatic carbocycles. The minimum absolute atomic E-state index is 0.483. The summed E-state index contributed by atoms with van der Waals surface area (Å²) in [4.78, 5) is 0. The number of hydrogen-bond donors (Lipinski definition) is 1. The van der Waals surface area contributed by atoms with Crippen LogP contribution in [0.2, 0.25) is 0 Å². The minimum atomic E-state index is -0.483. The van der Waals surface area contributed by atoms with Crippen molar-refractivity contribution in [2.75, 3.05) is 5.32 Å². The molecule has 0 unspecified atom stereocenters. The lowest BCUT2D eigenvalue weighted by Gasteiger charge is -2.39. The first-order valence-corrected chi connectivity index (χ1v) is 13.6. The molecular weight excluding hydrogens is 490 g/mol. The molecule has 0 saturated carbocycles. The molecule has 0 atom stereocenters. The van der Waals surface area contributed by atoms with E-state index in [0.29, 0.717) is 0 Å². The van der Waals surface area contributed by atoms with Crippen LogP contribution in [0.15, 0.2) is 138 Å². The average molecular weight is 514 g/mol. The number of hydrogen-bond acceptors (Lipinski definition) is 3. The van der Waals surface area contributed by atoms with E-state index in [-0.39, 0.29) is 0 Å². The molecule has 1 N–H and O–H groups in total. The molecular formula is C37H23NO2. The van der Waals surface area contributed by atoms with E-state index >= 15 is 0 Å². The van der Waals surface area contributed by atoms with E-state index < -0.39 is 5.41 Å². The van der Waals surface area contributed by atoms with Gasteiger partial charge in [-0.2, -0.15) is 0 Å². The highest BCUT2D eigenvalue weighted by Gasteiger charge is 2.50. The molecule has 188 valence electrons. The van der Waals surface area contributed by atoms with E-state index in [0.717, 1.165) is 50.4 Å². The lowest BCUT2D eigenvalue weighted by Crippen LogP contribution is -2.32. The third-order valence-corrected chi connectivity index (χ3v) is 8.53. The Morgan fingerprint density at radius 2 is 1.15 bits per heavy atom. The van der Waals surface area contributed by atoms with Gasteiger partial charge in [0.25, 0.3) is 0 Å². The van der Waals surface area contributed by atoms with Crippen LogP contribution < -0.4 is 10.1 Å². The van der Waals surface area contributed by atoms with Crippen LogP contribution in [0, 0.1) is 0 Å². The smallest absolute Gasteiger partial charge is 0.137 e. The molecule has 1 spiro atoms. The van der Waals surface area contributed by atoms with Crippen LogP contribution in [0.1, 0.15) is 22.3 Å². The number of benzene rings is 6. The topological polar surface area (TPSA) is 34.4 Å². The van der Waals surface area contributed by atoms with Gasteiger partial charge in [0.2, 0.25) is 0 Å². The van der Waals surface area contributed by atoms with Crippen molar-refractivity contribution in [2.24, 2.45) is 0 Å². The predicted octanol–water partition coefficient (Wildman–Crippen LogP) is 9.80. The van der Waals surface area contributed by atoms with Gasteiger partial charge >= 0.3 is 0 Å². The Morgan fingerprint density at radius 1 is 0.500 bits per heavy atom. The first-order chi connectivity index (χ1) is 19.8. The van der Waals surface area contributed by atoms with E-state index in [1.807, 2.05) is 24.3 Å². The third kappa shape index (κ3) is 2.73. The molecule has 2 aliphatic rings. The van der Waals surface area contributed by atoms with E-state index in [1.165, 1.54) is 27.8 Å². The SMILES string of the molecule is c1ccc2c(c1)Oc1ccc(Nc3cccc4oc5ccccc5c34)cc1C21c2ccccc2-c2ccccc21. The van der Waals surface area contributed by atoms with Crippen LogP contribution in [0.5, 0.6) is 11.5 Å². The molecule has 2 heterocycles. The van der Waals surface area contributed by atoms with Gasteiger partial charge in [0.05, 0.1) is 16.5 Å². The predicted molar refractivity (Wildman–Crippen MR) is 161 cm³/mol. The Balaban J connectivity index is 1.30. The summed E-state index contributed by atoms with van der Waals surface area (Å²) < 4.78 is 12.7. The molecule has 3 heteroatoms. The number of fused-ring (bicyclic) bond motifs is 12. The Hall–Kier alpha value is -5.28. The molecule has 7 aromatic rings. The molecule has 1 aliphatic carbocycles. The van der Waals surface area contributed by atoms with Crippen molar-refractivity contribution in [1.29, 1.82) is 0 Å². The van der Waals surface area contributed by atoms with E-state index in [2.05, 4.69) is 115 Å². The second-order valence-corrected chi connectivity index (χ2v) is 10.6. The van der Waals surface area contributed by atoms with Gasteiger partial charge in [-0.25, -0.2) is 0 Å². The Kier molecular flexibility index (Phi) is 4.26. The van der Waals surface area contributed by atoms with E-state index in [9.17, 15) is 0 Å². The number of anilines is 2. The lowest BCUT2D eigenvalue weighted by molar-refractivity contribution is 0.436. The standard InChI is InChI=1S/C37H23NO2/c1-4-13-27-24(10-1)25-11-2-5-14-28(25)37(27)29-15-6-8-18-33(29)40-34-21-20-23(22-30(34)37)38-31-16-9-19-35-36(31)26-12-3-7-17-32(26)39-35/h1-22,38H. The maximum atomic E-state index is 6.57. The summed E-state index contributed by atoms with van der Waals surface area (Å²) in [6.07, 6.45) is 0. The number of nitrogens with one attached hydrogen (secondary N) is 1. The first-order valence-electron chi connectivity index (χ1n) is 13.6. The van der Waals surface area contributed by atoms with Gasteiger partial charge in [-0.15, -0.1) is 0 Å². The van der Waals surface area contributed by atoms with E-state index in [1.54, 1.807) is 0 Å². The Bertz CT molecular complexity index is 2090. The fourth-order valence-electron chi connectivity index (χ4n) is 6.97. The normalized spacial score (nSPS) is 13.9. The van der Waals surface area contributed by atoms with E-state index in [4.69, 9.17) is 9.15 Å². The molecule has 0 fully saturated rings. The van der Waals surface area contributed by atoms with Crippen molar-refractivity contribution in [3.05, 3.63) is 156 Å². The van der Waals surface area contributed by atoms with Crippen LogP contribution in [-0.2, 0) is 5.41 Å². The summed E-state index contributed by atoms with van der Waals surface area (Å²) in [5.41, 5.74) is 10.7. The summed E-state index contributed by atoms with van der Waals surface area (Å²) in [6.45, 7) is 0. The van der Waals surface area contributed by atoms with Crippen molar-refractivity contribution in [2.45, 2.75) is 5.41 Å². The fraction of sp³-hybridized carbons (Fsp3) is 0.0270. The molecule has 0 amide bonds. The molecule has 9 rings (SSSR count). The Morgan fingerprint density at radius 3 is 1.98 bits per heavy atom. The first kappa shape index (κ1) is 21.6. The highest BCUT2D eigenvalue weighted by molar-refractivity contribution is 6.12. The number of rotatable bonds is 2. The van der Waals surface area contributed by atoms with Gasteiger partial charge < -0.3 is 14.5 Å². The van der Waals surface area contributed by atoms with Crippen LogP contribution >= 0.6 is 0 Å². The van der Waals surface area contributed by atoms with Crippen molar-refractivity contribution >= 4 is 33.3 Å². The van der Waals surface area contributed by atoms with Gasteiger partial charge in [-0.05, 0) is 64.7 Å². The summed E-state index contributed by atoms with van der Waals surface area (Å²) >= 11 is 0. The highest BCUT2D eigenvalue weighted by Crippen LogP contribution is 2.62. The zero-order valence-electron chi connectivity index (χ0n) is 21.5. The summed E-state index contributed by atoms with van der Waals surface area (Å²) in [5.74, 6) is 1.78. The molecule has 0 bridgehead atoms. The molecule has 1 aromatic heterocycles. The van der Waals surface area contributed by atoms with Gasteiger partial charge in [0.1, 0.15) is 22.7 Å². The van der Waals surface area contributed by atoms with Gasteiger partial charge in [0.15, 0.2) is 0 Å². The lowest BCUT2D eigenvalue weighted by atomic mass is 9.66. The second-order valence-electron chi connectivity index (χ2n) is 10.6. The van der Waals surface area contributed by atoms with Crippen molar-refractivity contribution in [3.8, 4) is 22.6 Å². The number of para-hydroxylation sites is 2. The molecule has 3 nitrogen and oxygen atoms in total. The highest BCUT2D eigenvalue weighted by atomic mass is 16.5. The van der Waals surface area contributed by atoms with Crippen molar-refractivity contribution < 1.29 is 9.15 Å². The van der Waals surface area contributed by atoms with Crippen molar-refractivity contribution in [3.63, 3.8) is 0 Å². The Labute approximate surface area is 231 Å². The van der Waals surface area contributed by atoms with Crippen LogP contribution in [0.25, 0.3) is 33.1 Å². The van der Waals surface area contributed by atoms with Crippen LogP contribution in [0.4, 0.5) is 11.4 Å². The summed E-state index contributed by atoms with van der Waals surface area (Å²) in [6, 6.07) is 46.9. The quantitative estimate of drug-likeness (QED) is 0.250. The molecule has 0 radical (unpaired) electrons. The maximum absolute atomic E-state index is 6.57. The zero-order valence-corrected chi connectivity index (χ0v) is 21.5. The van der Waals surface area contributed by atoms with Crippen LogP contribution in [0.3, 0.4) is 0 Å². The number of ether oxygens (including phenoxy) is 1. The largest absolute Gasteiger partial charge is 0.457 e. The molecule has 1 aliphatic heterocycles. The number of furan rings is 1. The fourth-order valence-corrected chi connectivity index (χ4v) is 6.97. The zero-order chi connectivity index (χ0) is 26.3. The third-order valence-electron chi connectivity index (χ3n) is 8.53. The minimum Gasteiger partial charge on any atom is -0.457 e. The van der Waals surface area contributed by atoms with Gasteiger partial charge in [-0.3, -0.25) is 0 Å². The van der Waals surface area contributed by atoms with Crippen molar-refractivity contribution in [1.82, 2.24) is 0 Å². The average Bonchev–Trinajstić information content (AvgIpc) is 3.53. The summed E-state index contributed by atoms with van der Waals surface area (Å²) in [5, 5.41) is 5.93. The second kappa shape index (κ2) is 7.87. The molecule has 0 saturated heterocycles. The van der Waals surface area contributed by atoms with Gasteiger partial charge in [0, 0.05) is 22.2 Å². The molecule has 40 heavy (non-hydrogen) atoms. The summed E-state index contributed by atoms with van der Waals surface area (Å²) in [7, 11) is 0. The monoisotopic (exact) mass is 513 g/mol. The van der Waals surface area contributed by atoms with Crippen LogP contribution in [-0.4, -0.2) is 0 Å².